The number of aromatic hydroxyl groups is 1. The maximum Gasteiger partial charge on any atom is 0.235 e. The number of aromatic nitrogens is 3. The number of hydrogen-bond acceptors (Lipinski definition) is 5. The van der Waals surface area contributed by atoms with E-state index in [0.717, 1.165) is 28.7 Å². The van der Waals surface area contributed by atoms with Gasteiger partial charge in [0.05, 0.1) is 19.7 Å². The molecule has 2 N–H and O–H groups in total. The number of nitrogens with zero attached hydrogens (tertiary/aromatic N) is 3. The molecule has 1 saturated heterocycles. The topological polar surface area (TPSA) is 64.1 Å². The van der Waals surface area contributed by atoms with Crippen LogP contribution in [-0.4, -0.2) is 39.4 Å². The minimum atomic E-state index is 0.104. The molecular formula is C18H23N4O2S+. The van der Waals surface area contributed by atoms with Crippen LogP contribution in [0.15, 0.2) is 24.3 Å². The number of thiazole rings is 1. The first kappa shape index (κ1) is 16.4. The highest BCUT2D eigenvalue weighted by Gasteiger charge is 2.34. The van der Waals surface area contributed by atoms with Crippen molar-refractivity contribution in [2.75, 3.05) is 19.7 Å². The van der Waals surface area contributed by atoms with Gasteiger partial charge in [-0.2, -0.15) is 4.52 Å². The molecule has 1 aliphatic rings. The van der Waals surface area contributed by atoms with Crippen molar-refractivity contribution >= 4 is 16.3 Å². The summed E-state index contributed by atoms with van der Waals surface area (Å²) in [6, 6.07) is 8.36. The first-order valence-corrected chi connectivity index (χ1v) is 9.61. The van der Waals surface area contributed by atoms with Crippen molar-refractivity contribution in [3.8, 4) is 11.6 Å². The molecule has 1 aliphatic heterocycles. The number of fused-ring (bicyclic) bond motifs is 1. The Kier molecular flexibility index (Phi) is 4.35. The van der Waals surface area contributed by atoms with Crippen LogP contribution in [0.25, 0.3) is 4.96 Å². The van der Waals surface area contributed by atoms with Crippen LogP contribution in [0, 0.1) is 6.92 Å². The molecule has 7 heteroatoms. The third-order valence-electron chi connectivity index (χ3n) is 4.75. The summed E-state index contributed by atoms with van der Waals surface area (Å²) in [6.45, 7) is 6.72. The van der Waals surface area contributed by atoms with Gasteiger partial charge in [-0.1, -0.05) is 11.3 Å². The average molecular weight is 359 g/mol. The van der Waals surface area contributed by atoms with Crippen LogP contribution in [0.1, 0.15) is 42.1 Å². The van der Waals surface area contributed by atoms with Crippen molar-refractivity contribution < 1.29 is 14.7 Å². The Hall–Kier alpha value is -2.12. The highest BCUT2D eigenvalue weighted by molar-refractivity contribution is 7.17. The maximum absolute atomic E-state index is 10.8. The van der Waals surface area contributed by atoms with Gasteiger partial charge in [-0.05, 0) is 38.1 Å². The van der Waals surface area contributed by atoms with Crippen molar-refractivity contribution in [1.82, 2.24) is 14.6 Å². The Morgan fingerprint density at radius 3 is 2.64 bits per heavy atom. The lowest BCUT2D eigenvalue weighted by Crippen LogP contribution is -3.10. The number of ether oxygens (including phenoxy) is 1. The van der Waals surface area contributed by atoms with E-state index in [0.29, 0.717) is 12.4 Å². The Bertz CT molecular complexity index is 865. The predicted octanol–water partition coefficient (Wildman–Crippen LogP) is 1.97. The molecule has 0 amide bonds. The predicted molar refractivity (Wildman–Crippen MR) is 96.7 cm³/mol. The van der Waals surface area contributed by atoms with Gasteiger partial charge >= 0.3 is 0 Å². The van der Waals surface area contributed by atoms with E-state index >= 15 is 0 Å². The molecule has 0 aliphatic carbocycles. The summed E-state index contributed by atoms with van der Waals surface area (Å²) >= 11 is 1.54. The van der Waals surface area contributed by atoms with Crippen LogP contribution in [0.2, 0.25) is 0 Å². The molecule has 1 aromatic carbocycles. The van der Waals surface area contributed by atoms with E-state index in [1.54, 1.807) is 4.52 Å². The third kappa shape index (κ3) is 2.98. The van der Waals surface area contributed by atoms with Gasteiger partial charge in [-0.15, -0.1) is 5.10 Å². The summed E-state index contributed by atoms with van der Waals surface area (Å²) in [6.07, 6.45) is 2.45. The number of likely N-dealkylation sites (tertiary alicyclic amines) is 1. The number of nitrogens with one attached hydrogen (secondary N) is 1. The third-order valence-corrected chi connectivity index (χ3v) is 5.83. The zero-order chi connectivity index (χ0) is 17.4. The first-order chi connectivity index (χ1) is 12.2. The van der Waals surface area contributed by atoms with E-state index in [-0.39, 0.29) is 11.9 Å². The molecule has 0 spiro atoms. The second-order valence-electron chi connectivity index (χ2n) is 6.44. The molecule has 2 aromatic heterocycles. The van der Waals surface area contributed by atoms with E-state index in [1.807, 2.05) is 26.0 Å². The fraction of sp³-hybridized carbons (Fsp3) is 0.444. The molecule has 4 rings (SSSR count). The van der Waals surface area contributed by atoms with E-state index < -0.39 is 0 Å². The molecule has 25 heavy (non-hydrogen) atoms. The highest BCUT2D eigenvalue weighted by Crippen LogP contribution is 2.35. The minimum absolute atomic E-state index is 0.104. The summed E-state index contributed by atoms with van der Waals surface area (Å²) in [7, 11) is 0. The molecule has 3 heterocycles. The first-order valence-electron chi connectivity index (χ1n) is 8.79. The number of hydrogen-bond donors (Lipinski definition) is 2. The zero-order valence-electron chi connectivity index (χ0n) is 14.5. The van der Waals surface area contributed by atoms with Gasteiger partial charge in [0.15, 0.2) is 6.04 Å². The molecule has 132 valence electrons. The molecule has 3 aromatic rings. The summed E-state index contributed by atoms with van der Waals surface area (Å²) in [4.78, 5) is 7.59. The average Bonchev–Trinajstić information content (AvgIpc) is 3.30. The van der Waals surface area contributed by atoms with Gasteiger partial charge in [0, 0.05) is 18.4 Å². The van der Waals surface area contributed by atoms with Crippen molar-refractivity contribution in [2.45, 2.75) is 32.7 Å². The summed E-state index contributed by atoms with van der Waals surface area (Å²) in [5.41, 5.74) is 1.19. The van der Waals surface area contributed by atoms with Crippen LogP contribution in [-0.2, 0) is 0 Å². The number of quaternary nitrogens is 1. The minimum Gasteiger partial charge on any atom is -0.494 e. The fourth-order valence-electron chi connectivity index (χ4n) is 3.65. The molecule has 0 unspecified atom stereocenters. The normalized spacial score (nSPS) is 16.6. The van der Waals surface area contributed by atoms with Crippen LogP contribution in [0.4, 0.5) is 0 Å². The van der Waals surface area contributed by atoms with Crippen molar-refractivity contribution in [2.24, 2.45) is 0 Å². The largest absolute Gasteiger partial charge is 0.494 e. The Morgan fingerprint density at radius 1 is 1.28 bits per heavy atom. The lowest BCUT2D eigenvalue weighted by molar-refractivity contribution is -0.913. The number of aryl methyl sites for hydroxylation is 1. The number of benzene rings is 1. The maximum atomic E-state index is 10.8. The number of rotatable bonds is 5. The van der Waals surface area contributed by atoms with Crippen LogP contribution in [0.5, 0.6) is 11.6 Å². The molecule has 1 fully saturated rings. The molecule has 0 bridgehead atoms. The summed E-state index contributed by atoms with van der Waals surface area (Å²) < 4.78 is 7.13. The molecule has 0 saturated carbocycles. The Balaban J connectivity index is 1.77. The highest BCUT2D eigenvalue weighted by atomic mass is 32.1. The Morgan fingerprint density at radius 2 is 2.00 bits per heavy atom. The SMILES string of the molecule is CCOc1ccc([C@H](c2sc3nc(C)nn3c2O)[NH+]2CCCC2)cc1. The van der Waals surface area contributed by atoms with Gasteiger partial charge in [-0.25, -0.2) is 4.98 Å². The van der Waals surface area contributed by atoms with E-state index in [1.165, 1.54) is 34.6 Å². The van der Waals surface area contributed by atoms with Crippen molar-refractivity contribution in [1.29, 1.82) is 0 Å². The summed E-state index contributed by atoms with van der Waals surface area (Å²) in [5.74, 6) is 1.78. The quantitative estimate of drug-likeness (QED) is 0.731. The fourth-order valence-corrected chi connectivity index (χ4v) is 4.84. The van der Waals surface area contributed by atoms with Crippen LogP contribution in [0.3, 0.4) is 0 Å². The standard InChI is InChI=1S/C18H22N4O2S/c1-3-24-14-8-6-13(7-9-14)15(21-10-4-5-11-21)16-17(23)22-18(25-16)19-12(2)20-22/h6-9,15,23H,3-5,10-11H2,1-2H3/p+1/t15-/m1/s1. The van der Waals surface area contributed by atoms with Crippen molar-refractivity contribution in [3.05, 3.63) is 40.5 Å². The zero-order valence-corrected chi connectivity index (χ0v) is 15.3. The lowest BCUT2D eigenvalue weighted by Gasteiger charge is -2.24. The van der Waals surface area contributed by atoms with E-state index in [2.05, 4.69) is 22.2 Å². The van der Waals surface area contributed by atoms with Crippen molar-refractivity contribution in [3.63, 3.8) is 0 Å². The monoisotopic (exact) mass is 359 g/mol. The second-order valence-corrected chi connectivity index (χ2v) is 7.45. The van der Waals surface area contributed by atoms with Gasteiger partial charge in [0.25, 0.3) is 0 Å². The van der Waals surface area contributed by atoms with E-state index in [4.69, 9.17) is 4.74 Å². The lowest BCUT2D eigenvalue weighted by atomic mass is 10.0. The molecule has 0 radical (unpaired) electrons. The van der Waals surface area contributed by atoms with Crippen LogP contribution >= 0.6 is 11.3 Å². The summed E-state index contributed by atoms with van der Waals surface area (Å²) in [5, 5.41) is 15.1. The molecular weight excluding hydrogens is 336 g/mol. The van der Waals surface area contributed by atoms with Gasteiger partial charge in [-0.3, -0.25) is 0 Å². The van der Waals surface area contributed by atoms with E-state index in [9.17, 15) is 5.11 Å². The van der Waals surface area contributed by atoms with Gasteiger partial charge in [0.2, 0.25) is 10.8 Å². The molecule has 6 nitrogen and oxygen atoms in total. The smallest absolute Gasteiger partial charge is 0.235 e. The second kappa shape index (κ2) is 6.65. The Labute approximate surface area is 150 Å². The van der Waals surface area contributed by atoms with Gasteiger partial charge in [0.1, 0.15) is 16.5 Å². The molecule has 1 atom stereocenters. The van der Waals surface area contributed by atoms with Crippen LogP contribution < -0.4 is 9.64 Å². The van der Waals surface area contributed by atoms with Gasteiger partial charge < -0.3 is 14.7 Å².